The van der Waals surface area contributed by atoms with Gasteiger partial charge in [-0.15, -0.1) is 0 Å². The van der Waals surface area contributed by atoms with E-state index in [1.54, 1.807) is 0 Å². The first-order valence-electron chi connectivity index (χ1n) is 8.51. The van der Waals surface area contributed by atoms with E-state index in [0.29, 0.717) is 13.0 Å². The molecule has 5 heteroatoms. The van der Waals surface area contributed by atoms with E-state index >= 15 is 0 Å². The molecule has 1 saturated heterocycles. The number of nitrogens with zero attached hydrogens (tertiary/aromatic N) is 2. The molecule has 0 aromatic heterocycles. The second kappa shape index (κ2) is 7.13. The number of urea groups is 1. The largest absolute Gasteiger partial charge is 0.373 e. The molecule has 124 valence electrons. The van der Waals surface area contributed by atoms with Crippen molar-refractivity contribution in [3.63, 3.8) is 0 Å². The van der Waals surface area contributed by atoms with Gasteiger partial charge in [-0.1, -0.05) is 49.6 Å². The number of carbonyl (C=O) groups excluding carboxylic acids is 2. The molecule has 1 aliphatic carbocycles. The summed E-state index contributed by atoms with van der Waals surface area (Å²) in [7, 11) is 0. The number of amides is 3. The Balaban J connectivity index is 1.68. The molecule has 1 aromatic rings. The highest BCUT2D eigenvalue weighted by Crippen LogP contribution is 2.27. The molecule has 1 N–H and O–H groups in total. The topological polar surface area (TPSA) is 60.9 Å². The van der Waals surface area contributed by atoms with E-state index in [4.69, 9.17) is 0 Å². The second-order valence-corrected chi connectivity index (χ2v) is 6.45. The third kappa shape index (κ3) is 3.55. The number of benzene rings is 1. The van der Waals surface area contributed by atoms with Crippen molar-refractivity contribution in [2.75, 3.05) is 6.54 Å². The number of hydrogen-bond donors (Lipinski definition) is 1. The van der Waals surface area contributed by atoms with Crippen LogP contribution in [0.5, 0.6) is 0 Å². The maximum atomic E-state index is 12.7. The summed E-state index contributed by atoms with van der Waals surface area (Å²) in [5.41, 5.74) is 1.12. The lowest BCUT2D eigenvalue weighted by molar-refractivity contribution is -0.141. The van der Waals surface area contributed by atoms with Crippen LogP contribution in [0.25, 0.3) is 0 Å². The van der Waals surface area contributed by atoms with Crippen molar-refractivity contribution in [2.45, 2.75) is 57.2 Å². The highest BCUT2D eigenvalue weighted by atomic mass is 16.3. The fourth-order valence-corrected chi connectivity index (χ4v) is 3.58. The Morgan fingerprint density at radius 3 is 2.43 bits per heavy atom. The average Bonchev–Trinajstić information content (AvgIpc) is 2.56. The van der Waals surface area contributed by atoms with E-state index in [1.165, 1.54) is 16.2 Å². The molecule has 1 saturated carbocycles. The maximum Gasteiger partial charge on any atom is 0.329 e. The SMILES string of the molecule is O=C1CC(O)N(CCc2ccccc2)C(=O)N1C1CCCCC1. The Morgan fingerprint density at radius 2 is 1.74 bits per heavy atom. The van der Waals surface area contributed by atoms with Crippen LogP contribution in [0.2, 0.25) is 0 Å². The molecule has 1 aromatic carbocycles. The number of aliphatic hydroxyl groups is 1. The van der Waals surface area contributed by atoms with Gasteiger partial charge in [0.15, 0.2) is 0 Å². The summed E-state index contributed by atoms with van der Waals surface area (Å²) >= 11 is 0. The quantitative estimate of drug-likeness (QED) is 0.928. The molecule has 0 bridgehead atoms. The van der Waals surface area contributed by atoms with Crippen LogP contribution in [0.4, 0.5) is 4.79 Å². The summed E-state index contributed by atoms with van der Waals surface area (Å²) in [6.07, 6.45) is 4.77. The molecular weight excluding hydrogens is 292 g/mol. The molecule has 1 aliphatic heterocycles. The van der Waals surface area contributed by atoms with Crippen LogP contribution in [0.1, 0.15) is 44.1 Å². The van der Waals surface area contributed by atoms with Gasteiger partial charge in [0.1, 0.15) is 6.23 Å². The van der Waals surface area contributed by atoms with E-state index in [2.05, 4.69) is 0 Å². The van der Waals surface area contributed by atoms with Crippen molar-refractivity contribution in [2.24, 2.45) is 0 Å². The Bertz CT molecular complexity index is 555. The number of imide groups is 1. The molecule has 1 heterocycles. The molecule has 3 rings (SSSR count). The van der Waals surface area contributed by atoms with Crippen molar-refractivity contribution in [1.29, 1.82) is 0 Å². The highest BCUT2D eigenvalue weighted by Gasteiger charge is 2.41. The number of aliphatic hydroxyl groups excluding tert-OH is 1. The molecule has 2 fully saturated rings. The highest BCUT2D eigenvalue weighted by molar-refractivity contribution is 5.97. The second-order valence-electron chi connectivity index (χ2n) is 6.45. The van der Waals surface area contributed by atoms with Gasteiger partial charge in [0.2, 0.25) is 5.91 Å². The molecule has 0 spiro atoms. The smallest absolute Gasteiger partial charge is 0.329 e. The third-order valence-electron chi connectivity index (χ3n) is 4.86. The van der Waals surface area contributed by atoms with Gasteiger partial charge in [-0.25, -0.2) is 4.79 Å². The number of rotatable bonds is 4. The molecule has 1 atom stereocenters. The first-order chi connectivity index (χ1) is 11.2. The van der Waals surface area contributed by atoms with Gasteiger partial charge in [0.25, 0.3) is 0 Å². The normalized spacial score (nSPS) is 23.4. The van der Waals surface area contributed by atoms with Gasteiger partial charge >= 0.3 is 6.03 Å². The van der Waals surface area contributed by atoms with Crippen molar-refractivity contribution < 1.29 is 14.7 Å². The van der Waals surface area contributed by atoms with E-state index in [-0.39, 0.29) is 24.4 Å². The van der Waals surface area contributed by atoms with E-state index < -0.39 is 6.23 Å². The summed E-state index contributed by atoms with van der Waals surface area (Å²) in [4.78, 5) is 27.9. The van der Waals surface area contributed by atoms with Crippen LogP contribution in [0.15, 0.2) is 30.3 Å². The Labute approximate surface area is 136 Å². The Hall–Kier alpha value is -1.88. The predicted molar refractivity (Wildman–Crippen MR) is 86.6 cm³/mol. The molecule has 23 heavy (non-hydrogen) atoms. The summed E-state index contributed by atoms with van der Waals surface area (Å²) in [5.74, 6) is -0.231. The lowest BCUT2D eigenvalue weighted by Gasteiger charge is -2.42. The Morgan fingerprint density at radius 1 is 1.04 bits per heavy atom. The van der Waals surface area contributed by atoms with Crippen LogP contribution in [-0.2, 0) is 11.2 Å². The molecule has 2 aliphatic rings. The van der Waals surface area contributed by atoms with Crippen LogP contribution in [-0.4, -0.2) is 45.7 Å². The van der Waals surface area contributed by atoms with Gasteiger partial charge in [0, 0.05) is 12.6 Å². The van der Waals surface area contributed by atoms with Gasteiger partial charge in [-0.2, -0.15) is 0 Å². The zero-order valence-corrected chi connectivity index (χ0v) is 13.4. The minimum atomic E-state index is -1.00. The third-order valence-corrected chi connectivity index (χ3v) is 4.86. The first-order valence-corrected chi connectivity index (χ1v) is 8.51. The summed E-state index contributed by atoms with van der Waals surface area (Å²) < 4.78 is 0. The molecule has 0 radical (unpaired) electrons. The molecule has 1 unspecified atom stereocenters. The minimum absolute atomic E-state index is 0.00970. The minimum Gasteiger partial charge on any atom is -0.373 e. The lowest BCUT2D eigenvalue weighted by atomic mass is 9.93. The van der Waals surface area contributed by atoms with Gasteiger partial charge in [-0.05, 0) is 24.8 Å². The van der Waals surface area contributed by atoms with Crippen LogP contribution in [0.3, 0.4) is 0 Å². The number of hydrogen-bond acceptors (Lipinski definition) is 3. The summed E-state index contributed by atoms with van der Waals surface area (Å²) in [5, 5.41) is 10.2. The summed E-state index contributed by atoms with van der Waals surface area (Å²) in [6, 6.07) is 9.57. The van der Waals surface area contributed by atoms with Crippen LogP contribution >= 0.6 is 0 Å². The van der Waals surface area contributed by atoms with Gasteiger partial charge in [0.05, 0.1) is 6.42 Å². The summed E-state index contributed by atoms with van der Waals surface area (Å²) in [6.45, 7) is 0.431. The average molecular weight is 316 g/mol. The molecule has 5 nitrogen and oxygen atoms in total. The number of carbonyl (C=O) groups is 2. The van der Waals surface area contributed by atoms with Crippen molar-refractivity contribution >= 4 is 11.9 Å². The monoisotopic (exact) mass is 316 g/mol. The Kier molecular flexibility index (Phi) is 4.96. The predicted octanol–water partition coefficient (Wildman–Crippen LogP) is 2.53. The van der Waals surface area contributed by atoms with Crippen molar-refractivity contribution in [3.8, 4) is 0 Å². The molecular formula is C18H24N2O3. The van der Waals surface area contributed by atoms with Crippen molar-refractivity contribution in [1.82, 2.24) is 9.80 Å². The van der Waals surface area contributed by atoms with Crippen molar-refractivity contribution in [3.05, 3.63) is 35.9 Å². The van der Waals surface area contributed by atoms with E-state index in [0.717, 1.165) is 31.2 Å². The maximum absolute atomic E-state index is 12.7. The fourth-order valence-electron chi connectivity index (χ4n) is 3.58. The molecule has 3 amide bonds. The first kappa shape index (κ1) is 16.0. The fraction of sp³-hybridized carbons (Fsp3) is 0.556. The van der Waals surface area contributed by atoms with Crippen LogP contribution < -0.4 is 0 Å². The van der Waals surface area contributed by atoms with Gasteiger partial charge in [-0.3, -0.25) is 14.6 Å². The van der Waals surface area contributed by atoms with E-state index in [1.807, 2.05) is 30.3 Å². The lowest BCUT2D eigenvalue weighted by Crippen LogP contribution is -2.60. The van der Waals surface area contributed by atoms with Gasteiger partial charge < -0.3 is 5.11 Å². The standard InChI is InChI=1S/C18H24N2O3/c21-16-13-17(22)20(15-9-5-2-6-10-15)18(23)19(16)12-11-14-7-3-1-4-8-14/h1,3-4,7-8,15-16,21H,2,5-6,9-13H2. The van der Waals surface area contributed by atoms with Crippen LogP contribution in [0, 0.1) is 0 Å². The zero-order chi connectivity index (χ0) is 16.2. The zero-order valence-electron chi connectivity index (χ0n) is 13.4. The van der Waals surface area contributed by atoms with E-state index in [9.17, 15) is 14.7 Å².